The molecule has 2 aromatic carbocycles. The van der Waals surface area contributed by atoms with Crippen molar-refractivity contribution in [3.05, 3.63) is 59.2 Å². The Balaban J connectivity index is 2.68. The van der Waals surface area contributed by atoms with Gasteiger partial charge in [-0.15, -0.1) is 0 Å². The fraction of sp³-hybridized carbons (Fsp3) is 0.176. The highest BCUT2D eigenvalue weighted by Gasteiger charge is 2.16. The Labute approximate surface area is 122 Å². The molecule has 0 bridgehead atoms. The van der Waals surface area contributed by atoms with E-state index in [4.69, 9.17) is 5.11 Å². The maximum atomic E-state index is 11.4. The summed E-state index contributed by atoms with van der Waals surface area (Å²) in [5.41, 5.74) is 2.45. The third-order valence-corrected chi connectivity index (χ3v) is 3.32. The van der Waals surface area contributed by atoms with Crippen LogP contribution in [0.1, 0.15) is 39.6 Å². The van der Waals surface area contributed by atoms with Crippen molar-refractivity contribution < 1.29 is 19.8 Å². The first kappa shape index (κ1) is 14.8. The standard InChI is InChI=1S/C17H16O4/c1-2-5-11-6-3-4-7-13(11)15-10-12(16(18)19)8-9-14(15)17(20)21/h3-4,6-10H,2,5H2,1H3,(H,18,19)(H,20,21). The lowest BCUT2D eigenvalue weighted by Gasteiger charge is -2.12. The Morgan fingerprint density at radius 1 is 0.952 bits per heavy atom. The summed E-state index contributed by atoms with van der Waals surface area (Å²) in [6.45, 7) is 2.04. The summed E-state index contributed by atoms with van der Waals surface area (Å²) in [6.07, 6.45) is 1.74. The maximum Gasteiger partial charge on any atom is 0.336 e. The molecular weight excluding hydrogens is 268 g/mol. The normalized spacial score (nSPS) is 10.3. The summed E-state index contributed by atoms with van der Waals surface area (Å²) in [4.78, 5) is 22.5. The molecule has 108 valence electrons. The highest BCUT2D eigenvalue weighted by molar-refractivity contribution is 5.99. The summed E-state index contributed by atoms with van der Waals surface area (Å²) >= 11 is 0. The van der Waals surface area contributed by atoms with E-state index in [9.17, 15) is 14.7 Å². The monoisotopic (exact) mass is 284 g/mol. The second-order valence-electron chi connectivity index (χ2n) is 4.78. The Kier molecular flexibility index (Phi) is 4.38. The molecule has 0 aliphatic carbocycles. The second kappa shape index (κ2) is 6.22. The Hall–Kier alpha value is -2.62. The number of benzene rings is 2. The SMILES string of the molecule is CCCc1ccccc1-c1cc(C(=O)O)ccc1C(=O)O. The average molecular weight is 284 g/mol. The lowest BCUT2D eigenvalue weighted by Crippen LogP contribution is -2.04. The molecule has 2 N–H and O–H groups in total. The van der Waals surface area contributed by atoms with Crippen molar-refractivity contribution in [3.63, 3.8) is 0 Å². The number of rotatable bonds is 5. The van der Waals surface area contributed by atoms with Gasteiger partial charge in [-0.05, 0) is 41.3 Å². The van der Waals surface area contributed by atoms with Crippen LogP contribution in [0.15, 0.2) is 42.5 Å². The van der Waals surface area contributed by atoms with Gasteiger partial charge in [0, 0.05) is 0 Å². The number of aromatic carboxylic acids is 2. The molecule has 4 heteroatoms. The predicted molar refractivity (Wildman–Crippen MR) is 79.8 cm³/mol. The van der Waals surface area contributed by atoms with Gasteiger partial charge in [0.1, 0.15) is 0 Å². The van der Waals surface area contributed by atoms with E-state index in [0.29, 0.717) is 5.56 Å². The molecule has 0 aliphatic rings. The van der Waals surface area contributed by atoms with Crippen molar-refractivity contribution in [2.45, 2.75) is 19.8 Å². The molecular formula is C17H16O4. The quantitative estimate of drug-likeness (QED) is 0.877. The molecule has 2 aromatic rings. The van der Waals surface area contributed by atoms with Gasteiger partial charge in [-0.2, -0.15) is 0 Å². The molecule has 0 saturated carbocycles. The molecule has 0 spiro atoms. The van der Waals surface area contributed by atoms with Crippen LogP contribution in [0.3, 0.4) is 0 Å². The molecule has 2 rings (SSSR count). The van der Waals surface area contributed by atoms with Gasteiger partial charge >= 0.3 is 11.9 Å². The van der Waals surface area contributed by atoms with E-state index >= 15 is 0 Å². The molecule has 21 heavy (non-hydrogen) atoms. The van der Waals surface area contributed by atoms with Gasteiger partial charge in [0.25, 0.3) is 0 Å². The van der Waals surface area contributed by atoms with Crippen molar-refractivity contribution >= 4 is 11.9 Å². The average Bonchev–Trinajstić information content (AvgIpc) is 2.47. The smallest absolute Gasteiger partial charge is 0.336 e. The number of aryl methyl sites for hydroxylation is 1. The molecule has 0 atom stereocenters. The van der Waals surface area contributed by atoms with Gasteiger partial charge in [0.15, 0.2) is 0 Å². The lowest BCUT2D eigenvalue weighted by molar-refractivity contribution is 0.0682. The van der Waals surface area contributed by atoms with E-state index in [1.54, 1.807) is 0 Å². The summed E-state index contributed by atoms with van der Waals surface area (Å²) in [6, 6.07) is 11.6. The highest BCUT2D eigenvalue weighted by Crippen LogP contribution is 2.29. The van der Waals surface area contributed by atoms with Gasteiger partial charge in [-0.1, -0.05) is 37.6 Å². The summed E-state index contributed by atoms with van der Waals surface area (Å²) in [7, 11) is 0. The minimum Gasteiger partial charge on any atom is -0.478 e. The van der Waals surface area contributed by atoms with E-state index < -0.39 is 11.9 Å². The molecule has 0 amide bonds. The van der Waals surface area contributed by atoms with Gasteiger partial charge in [-0.25, -0.2) is 9.59 Å². The van der Waals surface area contributed by atoms with Crippen molar-refractivity contribution in [2.75, 3.05) is 0 Å². The van der Waals surface area contributed by atoms with Crippen molar-refractivity contribution in [2.24, 2.45) is 0 Å². The molecule has 0 fully saturated rings. The van der Waals surface area contributed by atoms with E-state index in [-0.39, 0.29) is 11.1 Å². The Bertz CT molecular complexity index is 689. The minimum absolute atomic E-state index is 0.0845. The first-order valence-corrected chi connectivity index (χ1v) is 6.73. The fourth-order valence-corrected chi connectivity index (χ4v) is 2.36. The molecule has 0 saturated heterocycles. The van der Waals surface area contributed by atoms with E-state index in [1.165, 1.54) is 18.2 Å². The first-order chi connectivity index (χ1) is 10.0. The molecule has 0 heterocycles. The summed E-state index contributed by atoms with van der Waals surface area (Å²) in [5, 5.41) is 18.4. The first-order valence-electron chi connectivity index (χ1n) is 6.73. The molecule has 4 nitrogen and oxygen atoms in total. The molecule has 0 aliphatic heterocycles. The lowest BCUT2D eigenvalue weighted by atomic mass is 9.92. The topological polar surface area (TPSA) is 74.6 Å². The zero-order valence-electron chi connectivity index (χ0n) is 11.7. The largest absolute Gasteiger partial charge is 0.478 e. The zero-order chi connectivity index (χ0) is 15.4. The third kappa shape index (κ3) is 3.11. The number of carbonyl (C=O) groups is 2. The zero-order valence-corrected chi connectivity index (χ0v) is 11.7. The van der Waals surface area contributed by atoms with Crippen LogP contribution in [0.2, 0.25) is 0 Å². The van der Waals surface area contributed by atoms with Crippen LogP contribution in [-0.4, -0.2) is 22.2 Å². The van der Waals surface area contributed by atoms with Crippen LogP contribution in [0.4, 0.5) is 0 Å². The minimum atomic E-state index is -1.07. The predicted octanol–water partition coefficient (Wildman–Crippen LogP) is 3.70. The second-order valence-corrected chi connectivity index (χ2v) is 4.78. The number of hydrogen-bond acceptors (Lipinski definition) is 2. The van der Waals surface area contributed by atoms with Crippen molar-refractivity contribution in [1.82, 2.24) is 0 Å². The molecule has 0 radical (unpaired) electrons. The van der Waals surface area contributed by atoms with Gasteiger partial charge in [0.05, 0.1) is 11.1 Å². The van der Waals surface area contributed by atoms with Crippen molar-refractivity contribution in [1.29, 1.82) is 0 Å². The van der Waals surface area contributed by atoms with Crippen LogP contribution in [0.5, 0.6) is 0 Å². The fourth-order valence-electron chi connectivity index (χ4n) is 2.36. The van der Waals surface area contributed by atoms with E-state index in [1.807, 2.05) is 31.2 Å². The molecule has 0 unspecified atom stereocenters. The van der Waals surface area contributed by atoms with Gasteiger partial charge in [0.2, 0.25) is 0 Å². The van der Waals surface area contributed by atoms with E-state index in [0.717, 1.165) is 24.0 Å². The third-order valence-electron chi connectivity index (χ3n) is 3.32. The summed E-state index contributed by atoms with van der Waals surface area (Å²) < 4.78 is 0. The summed E-state index contributed by atoms with van der Waals surface area (Å²) in [5.74, 6) is -2.13. The van der Waals surface area contributed by atoms with E-state index in [2.05, 4.69) is 0 Å². The number of hydrogen-bond donors (Lipinski definition) is 2. The Morgan fingerprint density at radius 3 is 2.29 bits per heavy atom. The maximum absolute atomic E-state index is 11.4. The van der Waals surface area contributed by atoms with Crippen LogP contribution in [0.25, 0.3) is 11.1 Å². The number of carboxylic acid groups (broad SMARTS) is 2. The number of carboxylic acids is 2. The van der Waals surface area contributed by atoms with Crippen LogP contribution < -0.4 is 0 Å². The van der Waals surface area contributed by atoms with Crippen LogP contribution in [-0.2, 0) is 6.42 Å². The van der Waals surface area contributed by atoms with Gasteiger partial charge < -0.3 is 10.2 Å². The van der Waals surface area contributed by atoms with Crippen LogP contribution in [0, 0.1) is 0 Å². The van der Waals surface area contributed by atoms with Crippen molar-refractivity contribution in [3.8, 4) is 11.1 Å². The highest BCUT2D eigenvalue weighted by atomic mass is 16.4. The van der Waals surface area contributed by atoms with Gasteiger partial charge in [-0.3, -0.25) is 0 Å². The van der Waals surface area contributed by atoms with Crippen LogP contribution >= 0.6 is 0 Å². The Morgan fingerprint density at radius 2 is 1.67 bits per heavy atom. The molecule has 0 aromatic heterocycles.